The lowest BCUT2D eigenvalue weighted by Crippen LogP contribution is -2.40. The van der Waals surface area contributed by atoms with Crippen molar-refractivity contribution >= 4 is 48.9 Å². The summed E-state index contributed by atoms with van der Waals surface area (Å²) in [5, 5.41) is 3.00. The molecule has 0 unspecified atom stereocenters. The van der Waals surface area contributed by atoms with Crippen molar-refractivity contribution < 1.29 is 31.1 Å². The molecular weight excluding hydrogens is 554 g/mol. The topological polar surface area (TPSA) is 122 Å². The van der Waals surface area contributed by atoms with Gasteiger partial charge in [0.05, 0.1) is 35.7 Å². The van der Waals surface area contributed by atoms with Crippen LogP contribution in [0.1, 0.15) is 0 Å². The van der Waals surface area contributed by atoms with Gasteiger partial charge in [0, 0.05) is 18.1 Å². The summed E-state index contributed by atoms with van der Waals surface area (Å²) in [7, 11) is -7.66. The Hall–Kier alpha value is -3.16. The van der Waals surface area contributed by atoms with Gasteiger partial charge < -0.3 is 14.8 Å². The SMILES string of the molecule is CS(=O)(=O)N(CC(=O)Nc1cc(Cl)ccc1Oc1ccccc1)c1ccc(S(=O)(=O)N2CCOCC2)cc1. The summed E-state index contributed by atoms with van der Waals surface area (Å²) in [5.41, 5.74) is 0.391. The van der Waals surface area contributed by atoms with Gasteiger partial charge in [-0.3, -0.25) is 9.10 Å². The van der Waals surface area contributed by atoms with Gasteiger partial charge in [-0.15, -0.1) is 0 Å². The summed E-state index contributed by atoms with van der Waals surface area (Å²) >= 11 is 6.11. The predicted octanol–water partition coefficient (Wildman–Crippen LogP) is 3.56. The lowest BCUT2D eigenvalue weighted by atomic mass is 10.2. The number of rotatable bonds is 9. The van der Waals surface area contributed by atoms with E-state index >= 15 is 0 Å². The summed E-state index contributed by atoms with van der Waals surface area (Å²) in [6.07, 6.45) is 0.960. The van der Waals surface area contributed by atoms with Gasteiger partial charge in [-0.2, -0.15) is 4.31 Å². The average Bonchev–Trinajstić information content (AvgIpc) is 2.89. The van der Waals surface area contributed by atoms with E-state index in [1.807, 2.05) is 6.07 Å². The first kappa shape index (κ1) is 27.9. The number of benzene rings is 3. The zero-order chi connectivity index (χ0) is 27.3. The molecule has 0 radical (unpaired) electrons. The lowest BCUT2D eigenvalue weighted by molar-refractivity contribution is -0.114. The van der Waals surface area contributed by atoms with Gasteiger partial charge in [0.15, 0.2) is 5.75 Å². The third-order valence-corrected chi connectivity index (χ3v) is 8.90. The molecule has 1 heterocycles. The number of para-hydroxylation sites is 1. The second-order valence-electron chi connectivity index (χ2n) is 8.38. The second kappa shape index (κ2) is 11.7. The van der Waals surface area contributed by atoms with Crippen molar-refractivity contribution in [1.29, 1.82) is 0 Å². The van der Waals surface area contributed by atoms with Gasteiger partial charge in [0.25, 0.3) is 0 Å². The van der Waals surface area contributed by atoms with Crippen LogP contribution in [0.3, 0.4) is 0 Å². The van der Waals surface area contributed by atoms with Crippen molar-refractivity contribution in [3.8, 4) is 11.5 Å². The van der Waals surface area contributed by atoms with E-state index in [9.17, 15) is 21.6 Å². The molecule has 3 aromatic carbocycles. The van der Waals surface area contributed by atoms with E-state index < -0.39 is 32.5 Å². The Morgan fingerprint density at radius 1 is 1.00 bits per heavy atom. The molecule has 4 rings (SSSR count). The zero-order valence-corrected chi connectivity index (χ0v) is 22.8. The number of nitrogens with one attached hydrogen (secondary N) is 1. The molecule has 1 aliphatic rings. The van der Waals surface area contributed by atoms with Crippen LogP contribution >= 0.6 is 11.6 Å². The maximum atomic E-state index is 13.0. The van der Waals surface area contributed by atoms with E-state index in [1.165, 1.54) is 34.6 Å². The standard InChI is InChI=1S/C25H26ClN3O7S2/c1-37(31,32)29(20-8-10-22(11-9-20)38(33,34)28-13-15-35-16-14-28)18-25(30)27-23-17-19(26)7-12-24(23)36-21-5-3-2-4-6-21/h2-12,17H,13-16,18H2,1H3,(H,27,30). The molecule has 1 fully saturated rings. The number of anilines is 2. The number of morpholine rings is 1. The molecule has 3 aromatic rings. The molecule has 0 aliphatic carbocycles. The molecule has 0 aromatic heterocycles. The lowest BCUT2D eigenvalue weighted by Gasteiger charge is -2.26. The van der Waals surface area contributed by atoms with E-state index in [1.54, 1.807) is 36.4 Å². The third-order valence-electron chi connectivity index (χ3n) is 5.61. The largest absolute Gasteiger partial charge is 0.455 e. The molecule has 0 atom stereocenters. The number of carbonyl (C=O) groups excluding carboxylic acids is 1. The quantitative estimate of drug-likeness (QED) is 0.411. The number of nitrogens with zero attached hydrogens (tertiary/aromatic N) is 2. The monoisotopic (exact) mass is 579 g/mol. The first-order valence-electron chi connectivity index (χ1n) is 11.5. The summed E-state index contributed by atoms with van der Waals surface area (Å²) in [6, 6.07) is 18.9. The number of carbonyl (C=O) groups is 1. The van der Waals surface area contributed by atoms with Crippen LogP contribution in [0.4, 0.5) is 11.4 Å². The van der Waals surface area contributed by atoms with Crippen molar-refractivity contribution in [3.63, 3.8) is 0 Å². The van der Waals surface area contributed by atoms with Crippen LogP contribution in [0.2, 0.25) is 5.02 Å². The maximum absolute atomic E-state index is 13.0. The summed E-state index contributed by atoms with van der Waals surface area (Å²) in [4.78, 5) is 13.0. The van der Waals surface area contributed by atoms with Crippen LogP contribution in [0.5, 0.6) is 11.5 Å². The van der Waals surface area contributed by atoms with Crippen LogP contribution in [0, 0.1) is 0 Å². The molecule has 13 heteroatoms. The van der Waals surface area contributed by atoms with E-state index in [-0.39, 0.29) is 29.4 Å². The smallest absolute Gasteiger partial charge is 0.245 e. The van der Waals surface area contributed by atoms with Gasteiger partial charge >= 0.3 is 0 Å². The third kappa shape index (κ3) is 6.83. The first-order chi connectivity index (χ1) is 18.0. The summed E-state index contributed by atoms with van der Waals surface area (Å²) in [6.45, 7) is 0.516. The van der Waals surface area contributed by atoms with Crippen molar-refractivity contribution in [2.75, 3.05) is 48.7 Å². The maximum Gasteiger partial charge on any atom is 0.245 e. The molecule has 202 valence electrons. The fraction of sp³-hybridized carbons (Fsp3) is 0.240. The highest BCUT2D eigenvalue weighted by atomic mass is 35.5. The summed E-state index contributed by atoms with van der Waals surface area (Å²) < 4.78 is 64.2. The molecule has 1 N–H and O–H groups in total. The summed E-state index contributed by atoms with van der Waals surface area (Å²) in [5.74, 6) is 0.202. The minimum atomic E-state index is -3.90. The van der Waals surface area contributed by atoms with Gasteiger partial charge in [0.2, 0.25) is 26.0 Å². The molecule has 1 amide bonds. The van der Waals surface area contributed by atoms with Gasteiger partial charge in [-0.25, -0.2) is 16.8 Å². The van der Waals surface area contributed by atoms with Crippen molar-refractivity contribution in [2.45, 2.75) is 4.90 Å². The van der Waals surface area contributed by atoms with E-state index in [0.717, 1.165) is 10.6 Å². The van der Waals surface area contributed by atoms with Crippen molar-refractivity contribution in [3.05, 3.63) is 77.8 Å². The van der Waals surface area contributed by atoms with Crippen LogP contribution < -0.4 is 14.4 Å². The molecule has 38 heavy (non-hydrogen) atoms. The molecule has 1 saturated heterocycles. The number of halogens is 1. The fourth-order valence-corrected chi connectivity index (χ4v) is 6.18. The Morgan fingerprint density at radius 2 is 1.66 bits per heavy atom. The number of hydrogen-bond donors (Lipinski definition) is 1. The Kier molecular flexibility index (Phi) is 8.58. The number of hydrogen-bond acceptors (Lipinski definition) is 7. The zero-order valence-electron chi connectivity index (χ0n) is 20.4. The Morgan fingerprint density at radius 3 is 2.29 bits per heavy atom. The normalized spacial score (nSPS) is 14.6. The molecule has 1 aliphatic heterocycles. The number of sulfonamides is 2. The Balaban J connectivity index is 1.53. The van der Waals surface area contributed by atoms with Crippen molar-refractivity contribution in [2.24, 2.45) is 0 Å². The van der Waals surface area contributed by atoms with E-state index in [0.29, 0.717) is 29.7 Å². The predicted molar refractivity (Wildman–Crippen MR) is 145 cm³/mol. The Bertz CT molecular complexity index is 1490. The first-order valence-corrected chi connectivity index (χ1v) is 15.2. The highest BCUT2D eigenvalue weighted by Crippen LogP contribution is 2.32. The van der Waals surface area contributed by atoms with Crippen LogP contribution in [-0.2, 0) is 29.6 Å². The van der Waals surface area contributed by atoms with Crippen LogP contribution in [0.25, 0.3) is 0 Å². The van der Waals surface area contributed by atoms with E-state index in [2.05, 4.69) is 5.32 Å². The molecule has 10 nitrogen and oxygen atoms in total. The van der Waals surface area contributed by atoms with E-state index in [4.69, 9.17) is 21.1 Å². The van der Waals surface area contributed by atoms with Crippen LogP contribution in [0.15, 0.2) is 77.7 Å². The van der Waals surface area contributed by atoms with Crippen molar-refractivity contribution in [1.82, 2.24) is 4.31 Å². The van der Waals surface area contributed by atoms with Crippen LogP contribution in [-0.4, -0.2) is 66.2 Å². The molecule has 0 saturated carbocycles. The minimum absolute atomic E-state index is 0.0164. The minimum Gasteiger partial charge on any atom is -0.455 e. The second-order valence-corrected chi connectivity index (χ2v) is 12.7. The number of amides is 1. The fourth-order valence-electron chi connectivity index (χ4n) is 3.74. The highest BCUT2D eigenvalue weighted by molar-refractivity contribution is 7.92. The highest BCUT2D eigenvalue weighted by Gasteiger charge is 2.27. The number of ether oxygens (including phenoxy) is 2. The molecule has 0 spiro atoms. The van der Waals surface area contributed by atoms with Gasteiger partial charge in [-0.05, 0) is 54.6 Å². The average molecular weight is 580 g/mol. The van der Waals surface area contributed by atoms with Gasteiger partial charge in [0.1, 0.15) is 12.3 Å². The Labute approximate surface area is 226 Å². The molecule has 0 bridgehead atoms. The van der Waals surface area contributed by atoms with Gasteiger partial charge in [-0.1, -0.05) is 29.8 Å². The molecular formula is C25H26ClN3O7S2.